The molecule has 0 saturated carbocycles. The molecule has 1 aliphatic heterocycles. The van der Waals surface area contributed by atoms with Gasteiger partial charge in [0.15, 0.2) is 4.77 Å². The molecule has 1 aromatic heterocycles. The number of hydrogen-bond donors (Lipinski definition) is 1. The Hall–Kier alpha value is -0.960. The number of hydrogen-bond acceptors (Lipinski definition) is 2. The summed E-state index contributed by atoms with van der Waals surface area (Å²) in [6.45, 7) is 0.605. The minimum atomic E-state index is -0.249. The van der Waals surface area contributed by atoms with Crippen molar-refractivity contribution < 1.29 is 9.18 Å². The molecule has 1 fully saturated rings. The number of imidazole rings is 1. The van der Waals surface area contributed by atoms with E-state index in [9.17, 15) is 9.18 Å². The van der Waals surface area contributed by atoms with E-state index in [0.717, 1.165) is 17.5 Å². The minimum absolute atomic E-state index is 0.0958. The van der Waals surface area contributed by atoms with Gasteiger partial charge in [-0.05, 0) is 47.3 Å². The van der Waals surface area contributed by atoms with E-state index in [0.29, 0.717) is 21.3 Å². The summed E-state index contributed by atoms with van der Waals surface area (Å²) in [7, 11) is 1.79. The Morgan fingerprint density at radius 3 is 2.95 bits per heavy atom. The first-order valence-corrected chi connectivity index (χ1v) is 7.79. The number of carbonyl (C=O) groups excluding carboxylic acids is 1. The number of carbonyl (C=O) groups is 1. The van der Waals surface area contributed by atoms with Crippen LogP contribution in [-0.4, -0.2) is 34.0 Å². The van der Waals surface area contributed by atoms with Gasteiger partial charge in [-0.15, -0.1) is 0 Å². The second-order valence-electron chi connectivity index (χ2n) is 5.05. The topological polar surface area (TPSA) is 41.0 Å². The molecule has 0 spiro atoms. The number of likely N-dealkylation sites (N-methyl/N-ethyl adjacent to an activating group) is 1. The van der Waals surface area contributed by atoms with Gasteiger partial charge < -0.3 is 14.5 Å². The third-order valence-electron chi connectivity index (χ3n) is 3.73. The monoisotopic (exact) mass is 405 g/mol. The molecule has 1 N–H and O–H groups in total. The lowest BCUT2D eigenvalue weighted by atomic mass is 10.1. The van der Waals surface area contributed by atoms with Crippen LogP contribution in [0.2, 0.25) is 0 Å². The highest BCUT2D eigenvalue weighted by Gasteiger charge is 2.26. The van der Waals surface area contributed by atoms with Crippen molar-refractivity contribution >= 4 is 51.7 Å². The van der Waals surface area contributed by atoms with E-state index >= 15 is 0 Å². The molecule has 2 heterocycles. The van der Waals surface area contributed by atoms with Crippen molar-refractivity contribution in [3.8, 4) is 0 Å². The van der Waals surface area contributed by atoms with Crippen molar-refractivity contribution in [2.75, 3.05) is 13.6 Å². The molecule has 0 bridgehead atoms. The molecule has 7 heteroatoms. The van der Waals surface area contributed by atoms with Crippen LogP contribution in [0.1, 0.15) is 18.9 Å². The summed E-state index contributed by atoms with van der Waals surface area (Å²) in [5, 5.41) is 0. The number of rotatable bonds is 1. The lowest BCUT2D eigenvalue weighted by molar-refractivity contribution is -0.132. The van der Waals surface area contributed by atoms with Crippen LogP contribution in [0.25, 0.3) is 11.0 Å². The van der Waals surface area contributed by atoms with Crippen molar-refractivity contribution in [2.45, 2.75) is 18.9 Å². The summed E-state index contributed by atoms with van der Waals surface area (Å²) in [6.07, 6.45) is 1.24. The Balaban J connectivity index is 2.12. The maximum absolute atomic E-state index is 13.8. The van der Waals surface area contributed by atoms with Gasteiger partial charge in [0.25, 0.3) is 0 Å². The zero-order chi connectivity index (χ0) is 14.4. The zero-order valence-electron chi connectivity index (χ0n) is 10.8. The van der Waals surface area contributed by atoms with Gasteiger partial charge in [-0.1, -0.05) is 0 Å². The minimum Gasteiger partial charge on any atom is -0.344 e. The summed E-state index contributed by atoms with van der Waals surface area (Å²) < 4.78 is 16.9. The molecule has 0 aliphatic carbocycles. The average Bonchev–Trinajstić information content (AvgIpc) is 2.69. The number of likely N-dealkylation sites (tertiary alicyclic amines) is 1. The maximum atomic E-state index is 13.8. The standard InChI is InChI=1S/C13H13FIN3OS/c1-17-6-7(2-3-12(17)19)18-11-4-8(14)9(15)5-10(11)16-13(18)20/h4-5,7H,2-3,6H2,1H3,(H,16,20). The number of fused-ring (bicyclic) bond motifs is 1. The van der Waals surface area contributed by atoms with E-state index in [2.05, 4.69) is 4.98 Å². The average molecular weight is 405 g/mol. The lowest BCUT2D eigenvalue weighted by Gasteiger charge is -2.30. The summed E-state index contributed by atoms with van der Waals surface area (Å²) in [6, 6.07) is 3.37. The second kappa shape index (κ2) is 5.10. The molecule has 20 heavy (non-hydrogen) atoms. The molecule has 1 aliphatic rings. The first-order valence-electron chi connectivity index (χ1n) is 6.30. The molecule has 1 atom stereocenters. The smallest absolute Gasteiger partial charge is 0.222 e. The predicted molar refractivity (Wildman–Crippen MR) is 85.7 cm³/mol. The van der Waals surface area contributed by atoms with Crippen LogP contribution in [0.5, 0.6) is 0 Å². The van der Waals surface area contributed by atoms with Crippen LogP contribution >= 0.6 is 34.8 Å². The van der Waals surface area contributed by atoms with E-state index in [4.69, 9.17) is 12.2 Å². The number of aromatic amines is 1. The van der Waals surface area contributed by atoms with E-state index in [1.807, 2.05) is 27.2 Å². The van der Waals surface area contributed by atoms with Crippen LogP contribution < -0.4 is 0 Å². The van der Waals surface area contributed by atoms with Gasteiger partial charge in [0.05, 0.1) is 20.6 Å². The fourth-order valence-electron chi connectivity index (χ4n) is 2.68. The molecule has 1 aromatic carbocycles. The van der Waals surface area contributed by atoms with Gasteiger partial charge in [-0.25, -0.2) is 4.39 Å². The fraction of sp³-hybridized carbons (Fsp3) is 0.385. The van der Waals surface area contributed by atoms with Crippen LogP contribution in [0.4, 0.5) is 4.39 Å². The van der Waals surface area contributed by atoms with Gasteiger partial charge >= 0.3 is 0 Å². The highest BCUT2D eigenvalue weighted by atomic mass is 127. The van der Waals surface area contributed by atoms with Crippen molar-refractivity contribution in [3.63, 3.8) is 0 Å². The first kappa shape index (κ1) is 14.0. The largest absolute Gasteiger partial charge is 0.344 e. The van der Waals surface area contributed by atoms with Crippen molar-refractivity contribution in [3.05, 3.63) is 26.3 Å². The van der Waals surface area contributed by atoms with Gasteiger partial charge in [-0.2, -0.15) is 0 Å². The number of aromatic nitrogens is 2. The van der Waals surface area contributed by atoms with Gasteiger partial charge in [-0.3, -0.25) is 4.79 Å². The number of halogens is 2. The van der Waals surface area contributed by atoms with E-state index in [-0.39, 0.29) is 17.8 Å². The molecule has 1 saturated heterocycles. The molecule has 4 nitrogen and oxygen atoms in total. The molecule has 2 aromatic rings. The number of H-pyrrole nitrogens is 1. The maximum Gasteiger partial charge on any atom is 0.222 e. The van der Waals surface area contributed by atoms with Crippen molar-refractivity contribution in [2.24, 2.45) is 0 Å². The van der Waals surface area contributed by atoms with Crippen LogP contribution in [0.3, 0.4) is 0 Å². The number of benzene rings is 1. The van der Waals surface area contributed by atoms with Gasteiger partial charge in [0.2, 0.25) is 5.91 Å². The zero-order valence-corrected chi connectivity index (χ0v) is 13.8. The van der Waals surface area contributed by atoms with Crippen molar-refractivity contribution in [1.82, 2.24) is 14.5 Å². The SMILES string of the molecule is CN1CC(n2c(=S)[nH]c3cc(I)c(F)cc32)CCC1=O. The molecule has 1 amide bonds. The Bertz CT molecular complexity index is 754. The Kier molecular flexibility index (Phi) is 3.57. The summed E-state index contributed by atoms with van der Waals surface area (Å²) >= 11 is 7.33. The first-order chi connectivity index (χ1) is 9.47. The normalized spacial score (nSPS) is 19.9. The molecule has 1 unspecified atom stereocenters. The summed E-state index contributed by atoms with van der Waals surface area (Å²) in [5.41, 5.74) is 1.60. The van der Waals surface area contributed by atoms with E-state index in [1.165, 1.54) is 6.07 Å². The number of piperidine rings is 1. The van der Waals surface area contributed by atoms with Gasteiger partial charge in [0.1, 0.15) is 5.82 Å². The fourth-order valence-corrected chi connectivity index (χ4v) is 3.51. The molecular formula is C13H13FIN3OS. The van der Waals surface area contributed by atoms with Crippen LogP contribution in [0, 0.1) is 14.2 Å². The van der Waals surface area contributed by atoms with Crippen LogP contribution in [0.15, 0.2) is 12.1 Å². The Labute approximate surface area is 134 Å². The quantitative estimate of drug-likeness (QED) is 0.585. The molecular weight excluding hydrogens is 392 g/mol. The van der Waals surface area contributed by atoms with Crippen LogP contribution in [-0.2, 0) is 4.79 Å². The third kappa shape index (κ3) is 2.26. The second-order valence-corrected chi connectivity index (χ2v) is 6.60. The number of amides is 1. The predicted octanol–water partition coefficient (Wildman–Crippen LogP) is 3.24. The van der Waals surface area contributed by atoms with Gasteiger partial charge in [0, 0.05) is 26.1 Å². The molecule has 3 rings (SSSR count). The molecule has 0 radical (unpaired) electrons. The van der Waals surface area contributed by atoms with E-state index in [1.54, 1.807) is 18.0 Å². The summed E-state index contributed by atoms with van der Waals surface area (Å²) in [5.74, 6) is -0.102. The lowest BCUT2D eigenvalue weighted by Crippen LogP contribution is -2.37. The Morgan fingerprint density at radius 1 is 1.50 bits per heavy atom. The number of nitrogens with zero attached hydrogens (tertiary/aromatic N) is 2. The Morgan fingerprint density at radius 2 is 2.25 bits per heavy atom. The van der Waals surface area contributed by atoms with E-state index < -0.39 is 0 Å². The molecule has 106 valence electrons. The highest BCUT2D eigenvalue weighted by Crippen LogP contribution is 2.28. The summed E-state index contributed by atoms with van der Waals surface area (Å²) in [4.78, 5) is 16.4. The highest BCUT2D eigenvalue weighted by molar-refractivity contribution is 14.1. The van der Waals surface area contributed by atoms with Crippen molar-refractivity contribution in [1.29, 1.82) is 0 Å². The third-order valence-corrected chi connectivity index (χ3v) is 4.85. The number of nitrogens with one attached hydrogen (secondary N) is 1.